The number of rotatable bonds is 3. The molecule has 0 aromatic carbocycles. The molecule has 2 aromatic rings. The Morgan fingerprint density at radius 3 is 2.77 bits per heavy atom. The maximum Gasteiger partial charge on any atom is 0.125 e. The van der Waals surface area contributed by atoms with Crippen molar-refractivity contribution >= 4 is 45.2 Å². The predicted molar refractivity (Wildman–Crippen MR) is 94.9 cm³/mol. The van der Waals surface area contributed by atoms with Crippen molar-refractivity contribution in [2.75, 3.05) is 6.54 Å². The van der Waals surface area contributed by atoms with Crippen LogP contribution in [0.2, 0.25) is 5.02 Å². The molecule has 0 unspecified atom stereocenters. The van der Waals surface area contributed by atoms with E-state index in [0.717, 1.165) is 43.7 Å². The van der Waals surface area contributed by atoms with Crippen LogP contribution in [-0.2, 0) is 0 Å². The van der Waals surface area contributed by atoms with Crippen LogP contribution in [-0.4, -0.2) is 11.5 Å². The van der Waals surface area contributed by atoms with Crippen molar-refractivity contribution in [3.63, 3.8) is 0 Å². The molecule has 1 fully saturated rings. The van der Waals surface area contributed by atoms with Crippen LogP contribution in [0.25, 0.3) is 22.2 Å². The van der Waals surface area contributed by atoms with Gasteiger partial charge in [-0.2, -0.15) is 0 Å². The smallest absolute Gasteiger partial charge is 0.125 e. The molecule has 0 bridgehead atoms. The van der Waals surface area contributed by atoms with Gasteiger partial charge in [-0.3, -0.25) is 0 Å². The molecule has 6 heteroatoms. The molecule has 0 radical (unpaired) electrons. The van der Waals surface area contributed by atoms with Gasteiger partial charge in [0.2, 0.25) is 0 Å². The zero-order chi connectivity index (χ0) is 15.9. The van der Waals surface area contributed by atoms with Crippen molar-refractivity contribution in [2.24, 2.45) is 17.4 Å². The Labute approximate surface area is 138 Å². The number of aromatic nitrogens is 1. The zero-order valence-corrected chi connectivity index (χ0v) is 14.4. The minimum Gasteiger partial charge on any atom is -0.404 e. The van der Waals surface area contributed by atoms with Crippen LogP contribution in [0.4, 0.5) is 0 Å². The van der Waals surface area contributed by atoms with Crippen LogP contribution in [0.1, 0.15) is 30.5 Å². The number of hydrogen-bond donors (Lipinski definition) is 3. The number of nitrogens with zero attached hydrogens (tertiary/aromatic N) is 1. The molecule has 2 heterocycles. The van der Waals surface area contributed by atoms with Crippen LogP contribution in [0.5, 0.6) is 0 Å². The second-order valence-corrected chi connectivity index (χ2v) is 7.30. The molecular weight excluding hydrogens is 316 g/mol. The van der Waals surface area contributed by atoms with E-state index >= 15 is 0 Å². The first-order chi connectivity index (χ1) is 10.5. The lowest BCUT2D eigenvalue weighted by atomic mass is 9.85. The summed E-state index contributed by atoms with van der Waals surface area (Å²) in [5.41, 5.74) is 14.0. The Balaban J connectivity index is 2.15. The molecular formula is C16H21ClN4S. The lowest BCUT2D eigenvalue weighted by Crippen LogP contribution is -2.36. The van der Waals surface area contributed by atoms with E-state index in [-0.39, 0.29) is 0 Å². The van der Waals surface area contributed by atoms with Gasteiger partial charge in [0.1, 0.15) is 10.7 Å². The van der Waals surface area contributed by atoms with Crippen molar-refractivity contribution in [2.45, 2.75) is 33.1 Å². The lowest BCUT2D eigenvalue weighted by Gasteiger charge is -2.25. The molecule has 1 aliphatic rings. The fourth-order valence-electron chi connectivity index (χ4n) is 2.85. The van der Waals surface area contributed by atoms with Gasteiger partial charge in [-0.1, -0.05) is 18.0 Å². The fraction of sp³-hybridized carbons (Fsp3) is 0.438. The first-order valence-electron chi connectivity index (χ1n) is 7.53. The molecule has 4 nitrogen and oxygen atoms in total. The first-order valence-corrected chi connectivity index (χ1v) is 8.73. The highest BCUT2D eigenvalue weighted by Crippen LogP contribution is 2.26. The molecule has 118 valence electrons. The standard InChI is InChI=1S/C16H21ClN4S/c1-8-12-11(6-18)14(15(19)20-7-10-4-3-5-10)22-16(12)21-9(2)13(8)17/h6,10,20H,3-5,7,18-19H2,1-2H3/b11-6-,15-14-. The second kappa shape index (κ2) is 5.97. The van der Waals surface area contributed by atoms with Gasteiger partial charge in [-0.15, -0.1) is 11.3 Å². The van der Waals surface area contributed by atoms with Gasteiger partial charge < -0.3 is 16.8 Å². The van der Waals surface area contributed by atoms with E-state index in [1.54, 1.807) is 17.5 Å². The molecule has 2 aromatic heterocycles. The summed E-state index contributed by atoms with van der Waals surface area (Å²) in [5, 5.41) is 5.98. The maximum atomic E-state index is 6.34. The normalized spacial score (nSPS) is 17.7. The predicted octanol–water partition coefficient (Wildman–Crippen LogP) is 1.68. The molecule has 22 heavy (non-hydrogen) atoms. The van der Waals surface area contributed by atoms with Crippen LogP contribution >= 0.6 is 22.9 Å². The van der Waals surface area contributed by atoms with Crippen LogP contribution in [0, 0.1) is 19.8 Å². The van der Waals surface area contributed by atoms with Crippen molar-refractivity contribution in [1.82, 2.24) is 10.3 Å². The summed E-state index contributed by atoms with van der Waals surface area (Å²) in [6.07, 6.45) is 5.51. The molecule has 3 rings (SSSR count). The minimum absolute atomic E-state index is 0.680. The summed E-state index contributed by atoms with van der Waals surface area (Å²) in [5.74, 6) is 1.43. The Morgan fingerprint density at radius 2 is 2.18 bits per heavy atom. The van der Waals surface area contributed by atoms with E-state index in [1.165, 1.54) is 19.3 Å². The minimum atomic E-state index is 0.680. The molecule has 0 spiro atoms. The summed E-state index contributed by atoms with van der Waals surface area (Å²) < 4.78 is 0.953. The van der Waals surface area contributed by atoms with Gasteiger partial charge in [0.05, 0.1) is 15.2 Å². The molecule has 0 saturated heterocycles. The van der Waals surface area contributed by atoms with Gasteiger partial charge in [-0.05, 0) is 38.2 Å². The third-order valence-corrected chi connectivity index (χ3v) is 6.12. The summed E-state index contributed by atoms with van der Waals surface area (Å²) in [4.78, 5) is 5.51. The van der Waals surface area contributed by atoms with E-state index in [4.69, 9.17) is 23.1 Å². The Hall–Kier alpha value is -1.46. The van der Waals surface area contributed by atoms with Crippen LogP contribution < -0.4 is 26.5 Å². The number of nitrogens with one attached hydrogen (secondary N) is 1. The highest BCUT2D eigenvalue weighted by Gasteiger charge is 2.17. The van der Waals surface area contributed by atoms with Gasteiger partial charge in [0.25, 0.3) is 0 Å². The SMILES string of the molecule is Cc1nc2sc(=C(/N)NCC3CCC3)/c(=C\N)c2c(C)c1Cl. The number of thiophene rings is 1. The molecule has 0 atom stereocenters. The quantitative estimate of drug-likeness (QED) is 0.797. The largest absolute Gasteiger partial charge is 0.404 e. The lowest BCUT2D eigenvalue weighted by molar-refractivity contribution is 0.313. The van der Waals surface area contributed by atoms with Gasteiger partial charge >= 0.3 is 0 Å². The third-order valence-electron chi connectivity index (χ3n) is 4.43. The topological polar surface area (TPSA) is 77.0 Å². The average Bonchev–Trinajstić information content (AvgIpc) is 2.81. The van der Waals surface area contributed by atoms with E-state index in [9.17, 15) is 0 Å². The van der Waals surface area contributed by atoms with Crippen molar-refractivity contribution in [1.29, 1.82) is 0 Å². The third kappa shape index (κ3) is 2.52. The number of aryl methyl sites for hydroxylation is 2. The highest BCUT2D eigenvalue weighted by molar-refractivity contribution is 7.16. The van der Waals surface area contributed by atoms with E-state index in [1.807, 2.05) is 13.8 Å². The number of pyridine rings is 1. The van der Waals surface area contributed by atoms with Gasteiger partial charge in [0, 0.05) is 23.3 Å². The summed E-state index contributed by atoms with van der Waals surface area (Å²) >= 11 is 7.90. The first kappa shape index (κ1) is 15.4. The maximum absolute atomic E-state index is 6.34. The molecule has 0 amide bonds. The van der Waals surface area contributed by atoms with Gasteiger partial charge in [0.15, 0.2) is 0 Å². The van der Waals surface area contributed by atoms with Gasteiger partial charge in [-0.25, -0.2) is 4.98 Å². The summed E-state index contributed by atoms with van der Waals surface area (Å²) in [6, 6.07) is 0. The number of hydrogen-bond acceptors (Lipinski definition) is 5. The molecule has 0 aliphatic heterocycles. The van der Waals surface area contributed by atoms with Crippen LogP contribution in [0.15, 0.2) is 0 Å². The Morgan fingerprint density at radius 1 is 1.45 bits per heavy atom. The summed E-state index contributed by atoms with van der Waals surface area (Å²) in [6.45, 7) is 4.85. The number of fused-ring (bicyclic) bond motifs is 1. The highest BCUT2D eigenvalue weighted by atomic mass is 35.5. The summed E-state index contributed by atoms with van der Waals surface area (Å²) in [7, 11) is 0. The van der Waals surface area contributed by atoms with E-state index in [0.29, 0.717) is 10.8 Å². The monoisotopic (exact) mass is 336 g/mol. The molecule has 1 saturated carbocycles. The molecule has 5 N–H and O–H groups in total. The van der Waals surface area contributed by atoms with E-state index in [2.05, 4.69) is 10.3 Å². The Kier molecular flexibility index (Phi) is 4.19. The van der Waals surface area contributed by atoms with Crippen LogP contribution in [0.3, 0.4) is 0 Å². The fourth-order valence-corrected chi connectivity index (χ4v) is 4.19. The van der Waals surface area contributed by atoms with Crippen molar-refractivity contribution in [3.05, 3.63) is 26.0 Å². The number of halogens is 1. The second-order valence-electron chi connectivity index (χ2n) is 5.92. The average molecular weight is 337 g/mol. The molecule has 1 aliphatic carbocycles. The van der Waals surface area contributed by atoms with Crippen molar-refractivity contribution in [3.8, 4) is 0 Å². The Bertz CT molecular complexity index is 836. The zero-order valence-electron chi connectivity index (χ0n) is 12.9. The van der Waals surface area contributed by atoms with E-state index < -0.39 is 0 Å². The number of nitrogens with two attached hydrogens (primary N) is 2. The van der Waals surface area contributed by atoms with Crippen molar-refractivity contribution < 1.29 is 0 Å².